The Bertz CT molecular complexity index is 159. The van der Waals surface area contributed by atoms with Gasteiger partial charge in [-0.25, -0.2) is 0 Å². The van der Waals surface area contributed by atoms with Gasteiger partial charge in [-0.1, -0.05) is 6.42 Å². The molecule has 0 aromatic heterocycles. The van der Waals surface area contributed by atoms with Gasteiger partial charge in [0.25, 0.3) is 0 Å². The Morgan fingerprint density at radius 1 is 1.00 bits per heavy atom. The van der Waals surface area contributed by atoms with Crippen LogP contribution >= 0.6 is 0 Å². The van der Waals surface area contributed by atoms with E-state index in [0.717, 1.165) is 13.0 Å². The molecule has 0 bridgehead atoms. The van der Waals surface area contributed by atoms with Crippen molar-refractivity contribution in [1.82, 2.24) is 4.90 Å². The first kappa shape index (κ1) is 8.48. The molecule has 3 nitrogen and oxygen atoms in total. The first-order valence-corrected chi connectivity index (χ1v) is 4.87. The zero-order chi connectivity index (χ0) is 8.55. The van der Waals surface area contributed by atoms with Gasteiger partial charge < -0.3 is 10.2 Å². The molecule has 0 aromatic rings. The first-order chi connectivity index (χ1) is 5.77. The van der Waals surface area contributed by atoms with Crippen molar-refractivity contribution in [1.29, 1.82) is 0 Å². The lowest BCUT2D eigenvalue weighted by molar-refractivity contribution is -0.0581. The summed E-state index contributed by atoms with van der Waals surface area (Å²) in [5.74, 6) is 0. The van der Waals surface area contributed by atoms with Crippen molar-refractivity contribution in [2.45, 2.75) is 43.9 Å². The van der Waals surface area contributed by atoms with Gasteiger partial charge >= 0.3 is 0 Å². The van der Waals surface area contributed by atoms with Gasteiger partial charge in [0.15, 0.2) is 0 Å². The van der Waals surface area contributed by atoms with Gasteiger partial charge in [-0.2, -0.15) is 0 Å². The van der Waals surface area contributed by atoms with Crippen molar-refractivity contribution in [3.8, 4) is 0 Å². The van der Waals surface area contributed by atoms with Crippen molar-refractivity contribution >= 4 is 0 Å². The van der Waals surface area contributed by atoms with Crippen molar-refractivity contribution in [2.24, 2.45) is 0 Å². The average Bonchev–Trinajstić information content (AvgIpc) is 1.93. The van der Waals surface area contributed by atoms with Gasteiger partial charge in [0.1, 0.15) is 0 Å². The van der Waals surface area contributed by atoms with Gasteiger partial charge in [0.05, 0.1) is 12.2 Å². The lowest BCUT2D eigenvalue weighted by Crippen LogP contribution is -2.52. The monoisotopic (exact) mass is 171 g/mol. The predicted octanol–water partition coefficient (Wildman–Crippen LogP) is -0.0336. The standard InChI is InChI=1S/C9H17NO2/c11-8-4-5-10(6-9(8)12)7-2-1-3-7/h7-9,11-12H,1-6H2/t8-,9+/m1/s1. The first-order valence-electron chi connectivity index (χ1n) is 4.87. The molecule has 1 aliphatic heterocycles. The molecule has 0 radical (unpaired) electrons. The third-order valence-electron chi connectivity index (χ3n) is 3.17. The van der Waals surface area contributed by atoms with E-state index in [4.69, 9.17) is 0 Å². The fourth-order valence-electron chi connectivity index (χ4n) is 2.03. The number of aliphatic hydroxyl groups excluding tert-OH is 2. The average molecular weight is 171 g/mol. The number of piperidine rings is 1. The molecule has 70 valence electrons. The second kappa shape index (κ2) is 3.32. The van der Waals surface area contributed by atoms with E-state index in [0.29, 0.717) is 12.6 Å². The highest BCUT2D eigenvalue weighted by atomic mass is 16.3. The fourth-order valence-corrected chi connectivity index (χ4v) is 2.03. The maximum atomic E-state index is 9.42. The minimum Gasteiger partial charge on any atom is -0.390 e. The highest BCUT2D eigenvalue weighted by Gasteiger charge is 2.32. The van der Waals surface area contributed by atoms with Crippen LogP contribution in [0, 0.1) is 0 Å². The van der Waals surface area contributed by atoms with Crippen LogP contribution in [0.25, 0.3) is 0 Å². The Balaban J connectivity index is 1.84. The molecule has 2 aliphatic rings. The van der Waals surface area contributed by atoms with Gasteiger partial charge in [-0.15, -0.1) is 0 Å². The summed E-state index contributed by atoms with van der Waals surface area (Å²) in [6, 6.07) is 0.701. The molecule has 2 atom stereocenters. The van der Waals surface area contributed by atoms with Crippen LogP contribution in [-0.2, 0) is 0 Å². The van der Waals surface area contributed by atoms with Crippen LogP contribution < -0.4 is 0 Å². The molecule has 0 aromatic carbocycles. The zero-order valence-electron chi connectivity index (χ0n) is 7.32. The van der Waals surface area contributed by atoms with E-state index in [1.165, 1.54) is 19.3 Å². The number of hydrogen-bond donors (Lipinski definition) is 2. The normalized spacial score (nSPS) is 39.5. The van der Waals surface area contributed by atoms with E-state index in [1.54, 1.807) is 0 Å². The molecule has 2 N–H and O–H groups in total. The summed E-state index contributed by atoms with van der Waals surface area (Å²) in [4.78, 5) is 2.32. The minimum atomic E-state index is -0.514. The maximum Gasteiger partial charge on any atom is 0.0926 e. The number of likely N-dealkylation sites (tertiary alicyclic amines) is 1. The summed E-state index contributed by atoms with van der Waals surface area (Å²) in [6.45, 7) is 1.63. The molecule has 1 heterocycles. The Kier molecular flexibility index (Phi) is 2.35. The van der Waals surface area contributed by atoms with Gasteiger partial charge in [0, 0.05) is 19.1 Å². The second-order valence-corrected chi connectivity index (χ2v) is 4.00. The fraction of sp³-hybridized carbons (Fsp3) is 1.00. The molecule has 1 saturated heterocycles. The third-order valence-corrected chi connectivity index (χ3v) is 3.17. The molecular formula is C9H17NO2. The molecule has 0 amide bonds. The molecule has 1 saturated carbocycles. The van der Waals surface area contributed by atoms with Crippen LogP contribution in [0.4, 0.5) is 0 Å². The molecule has 0 spiro atoms. The van der Waals surface area contributed by atoms with Crippen molar-refractivity contribution in [2.75, 3.05) is 13.1 Å². The van der Waals surface area contributed by atoms with Gasteiger partial charge in [-0.05, 0) is 19.3 Å². The highest BCUT2D eigenvalue weighted by molar-refractivity contribution is 4.87. The van der Waals surface area contributed by atoms with Crippen molar-refractivity contribution in [3.05, 3.63) is 0 Å². The Morgan fingerprint density at radius 2 is 1.75 bits per heavy atom. The quantitative estimate of drug-likeness (QED) is 0.582. The van der Waals surface area contributed by atoms with Gasteiger partial charge in [0.2, 0.25) is 0 Å². The van der Waals surface area contributed by atoms with E-state index in [-0.39, 0.29) is 0 Å². The zero-order valence-corrected chi connectivity index (χ0v) is 7.32. The van der Waals surface area contributed by atoms with Crippen LogP contribution in [-0.4, -0.2) is 46.5 Å². The number of rotatable bonds is 1. The molecular weight excluding hydrogens is 154 g/mol. The van der Waals surface area contributed by atoms with Crippen LogP contribution in [0.5, 0.6) is 0 Å². The Labute approximate surface area is 73.0 Å². The SMILES string of the molecule is O[C@@H]1CCN(C2CCC2)C[C@@H]1O. The van der Waals surface area contributed by atoms with Crippen LogP contribution in [0.15, 0.2) is 0 Å². The second-order valence-electron chi connectivity index (χ2n) is 4.00. The number of nitrogens with zero attached hydrogens (tertiary/aromatic N) is 1. The molecule has 2 rings (SSSR count). The minimum absolute atomic E-state index is 0.485. The number of β-amino-alcohol motifs (C(OH)–C–C–N with tert-alkyl or cyclic N) is 1. The number of hydrogen-bond acceptors (Lipinski definition) is 3. The van der Waals surface area contributed by atoms with E-state index < -0.39 is 12.2 Å². The summed E-state index contributed by atoms with van der Waals surface area (Å²) in [5.41, 5.74) is 0. The lowest BCUT2D eigenvalue weighted by atomic mass is 9.89. The topological polar surface area (TPSA) is 43.7 Å². The summed E-state index contributed by atoms with van der Waals surface area (Å²) in [6.07, 6.45) is 3.63. The lowest BCUT2D eigenvalue weighted by Gasteiger charge is -2.42. The smallest absolute Gasteiger partial charge is 0.0926 e. The van der Waals surface area contributed by atoms with E-state index >= 15 is 0 Å². The molecule has 1 aliphatic carbocycles. The molecule has 3 heteroatoms. The van der Waals surface area contributed by atoms with Crippen molar-refractivity contribution < 1.29 is 10.2 Å². The molecule has 12 heavy (non-hydrogen) atoms. The van der Waals surface area contributed by atoms with Crippen LogP contribution in [0.1, 0.15) is 25.7 Å². The van der Waals surface area contributed by atoms with E-state index in [1.807, 2.05) is 0 Å². The summed E-state index contributed by atoms with van der Waals surface area (Å²) < 4.78 is 0. The van der Waals surface area contributed by atoms with E-state index in [2.05, 4.69) is 4.90 Å². The van der Waals surface area contributed by atoms with Gasteiger partial charge in [-0.3, -0.25) is 4.90 Å². The van der Waals surface area contributed by atoms with E-state index in [9.17, 15) is 10.2 Å². The summed E-state index contributed by atoms with van der Waals surface area (Å²) in [7, 11) is 0. The molecule has 0 unspecified atom stereocenters. The maximum absolute atomic E-state index is 9.42. The summed E-state index contributed by atoms with van der Waals surface area (Å²) in [5, 5.41) is 18.7. The highest BCUT2D eigenvalue weighted by Crippen LogP contribution is 2.27. The molecule has 2 fully saturated rings. The van der Waals surface area contributed by atoms with Crippen LogP contribution in [0.2, 0.25) is 0 Å². The largest absolute Gasteiger partial charge is 0.390 e. The van der Waals surface area contributed by atoms with Crippen molar-refractivity contribution in [3.63, 3.8) is 0 Å². The Hall–Kier alpha value is -0.120. The third kappa shape index (κ3) is 1.49. The predicted molar refractivity (Wildman–Crippen MR) is 45.8 cm³/mol. The summed E-state index contributed by atoms with van der Waals surface area (Å²) >= 11 is 0. The van der Waals surface area contributed by atoms with Crippen LogP contribution in [0.3, 0.4) is 0 Å². The Morgan fingerprint density at radius 3 is 2.25 bits per heavy atom. The number of aliphatic hydroxyl groups is 2.